The van der Waals surface area contributed by atoms with Gasteiger partial charge in [0.1, 0.15) is 0 Å². The van der Waals surface area contributed by atoms with E-state index in [1.807, 2.05) is 24.3 Å². The average Bonchev–Trinajstić information content (AvgIpc) is 3.00. The summed E-state index contributed by atoms with van der Waals surface area (Å²) in [4.78, 5) is 43.6. The number of hydrogen-bond donors (Lipinski definition) is 2. The third-order valence-electron chi connectivity index (χ3n) is 7.40. The van der Waals surface area contributed by atoms with Gasteiger partial charge in [-0.2, -0.15) is 0 Å². The lowest BCUT2D eigenvalue weighted by atomic mass is 10.0. The molecule has 33 heavy (non-hydrogen) atoms. The zero-order valence-electron chi connectivity index (χ0n) is 18.7. The Balaban J connectivity index is 1.28. The molecule has 1 aliphatic carbocycles. The predicted molar refractivity (Wildman–Crippen MR) is 122 cm³/mol. The van der Waals surface area contributed by atoms with Crippen molar-refractivity contribution in [1.29, 1.82) is 0 Å². The maximum atomic E-state index is 12.8. The van der Waals surface area contributed by atoms with Gasteiger partial charge in [-0.25, -0.2) is 9.69 Å². The van der Waals surface area contributed by atoms with Crippen LogP contribution in [0.25, 0.3) is 11.6 Å². The molecule has 2 aromatic rings. The summed E-state index contributed by atoms with van der Waals surface area (Å²) in [6, 6.07) is 5.48. The van der Waals surface area contributed by atoms with Crippen LogP contribution in [0.4, 0.5) is 10.5 Å². The number of fused-ring (bicyclic) bond motifs is 2. The van der Waals surface area contributed by atoms with Gasteiger partial charge in [0, 0.05) is 42.3 Å². The Hall–Kier alpha value is -3.39. The normalized spacial score (nSPS) is 25.0. The second-order valence-electron chi connectivity index (χ2n) is 9.64. The van der Waals surface area contributed by atoms with Crippen LogP contribution in [0.2, 0.25) is 0 Å². The van der Waals surface area contributed by atoms with Crippen LogP contribution < -0.4 is 5.32 Å². The van der Waals surface area contributed by atoms with E-state index in [4.69, 9.17) is 4.74 Å². The van der Waals surface area contributed by atoms with Crippen LogP contribution in [-0.2, 0) is 27.4 Å². The third kappa shape index (κ3) is 3.45. The summed E-state index contributed by atoms with van der Waals surface area (Å²) in [7, 11) is 0. The number of ether oxygens (including phenoxy) is 1. The van der Waals surface area contributed by atoms with Crippen molar-refractivity contribution in [2.45, 2.75) is 33.4 Å². The van der Waals surface area contributed by atoms with Crippen molar-refractivity contribution >= 4 is 35.2 Å². The van der Waals surface area contributed by atoms with Gasteiger partial charge in [0.25, 0.3) is 11.8 Å². The summed E-state index contributed by atoms with van der Waals surface area (Å²) >= 11 is 0. The number of aryl methyl sites for hydroxylation is 1. The number of carbonyl (C=O) groups is 3. The number of amides is 3. The van der Waals surface area contributed by atoms with E-state index >= 15 is 0 Å². The molecule has 2 saturated heterocycles. The monoisotopic (exact) mass is 446 g/mol. The van der Waals surface area contributed by atoms with Crippen molar-refractivity contribution in [3.63, 3.8) is 0 Å². The molecule has 2 atom stereocenters. The SMILES string of the molecule is Cc1[nH]c(/C=C2\C(=O)Nc3ccc(CN4C(=O)COC4=O)cc32)c(C)c1CN1C[C@H]2C[C@H]2C1. The van der Waals surface area contributed by atoms with Gasteiger partial charge in [0.2, 0.25) is 0 Å². The molecule has 0 bridgehead atoms. The number of H-pyrrole nitrogens is 1. The maximum Gasteiger partial charge on any atom is 0.417 e. The van der Waals surface area contributed by atoms with Crippen LogP contribution in [0.3, 0.4) is 0 Å². The van der Waals surface area contributed by atoms with E-state index in [2.05, 4.69) is 29.0 Å². The molecule has 4 aliphatic rings. The van der Waals surface area contributed by atoms with Gasteiger partial charge in [-0.05, 0) is 67.0 Å². The van der Waals surface area contributed by atoms with Crippen molar-refractivity contribution in [3.05, 3.63) is 51.8 Å². The predicted octanol–water partition coefficient (Wildman–Crippen LogP) is 3.05. The highest BCUT2D eigenvalue weighted by Crippen LogP contribution is 2.45. The average molecular weight is 447 g/mol. The molecule has 2 N–H and O–H groups in total. The Morgan fingerprint density at radius 3 is 2.64 bits per heavy atom. The molecule has 3 amide bonds. The number of imide groups is 1. The molecule has 0 unspecified atom stereocenters. The van der Waals surface area contributed by atoms with E-state index in [9.17, 15) is 14.4 Å². The van der Waals surface area contributed by atoms with E-state index < -0.39 is 6.09 Å². The fourth-order valence-electron chi connectivity index (χ4n) is 5.38. The zero-order valence-corrected chi connectivity index (χ0v) is 18.7. The van der Waals surface area contributed by atoms with Crippen LogP contribution in [-0.4, -0.2) is 52.4 Å². The van der Waals surface area contributed by atoms with Gasteiger partial charge < -0.3 is 15.0 Å². The second kappa shape index (κ2) is 7.31. The Morgan fingerprint density at radius 2 is 1.91 bits per heavy atom. The molecule has 0 spiro atoms. The number of nitrogens with zero attached hydrogens (tertiary/aromatic N) is 2. The highest BCUT2D eigenvalue weighted by atomic mass is 16.6. The lowest BCUT2D eigenvalue weighted by Crippen LogP contribution is -2.28. The molecule has 1 aromatic heterocycles. The number of rotatable bonds is 5. The van der Waals surface area contributed by atoms with Crippen LogP contribution in [0.5, 0.6) is 0 Å². The second-order valence-corrected chi connectivity index (χ2v) is 9.64. The van der Waals surface area contributed by atoms with E-state index in [0.29, 0.717) is 5.57 Å². The molecular formula is C25H26N4O4. The summed E-state index contributed by atoms with van der Waals surface area (Å²) in [6.07, 6.45) is 2.67. The highest BCUT2D eigenvalue weighted by molar-refractivity contribution is 6.34. The third-order valence-corrected chi connectivity index (χ3v) is 7.40. The molecule has 6 rings (SSSR count). The number of hydrogen-bond acceptors (Lipinski definition) is 5. The molecule has 1 aromatic carbocycles. The summed E-state index contributed by atoms with van der Waals surface area (Å²) in [6.45, 7) is 7.42. The fraction of sp³-hybridized carbons (Fsp3) is 0.400. The summed E-state index contributed by atoms with van der Waals surface area (Å²) in [5, 5.41) is 2.91. The number of nitrogens with one attached hydrogen (secondary N) is 2. The number of aromatic nitrogens is 1. The number of carbonyl (C=O) groups excluding carboxylic acids is 3. The first-order valence-corrected chi connectivity index (χ1v) is 11.4. The van der Waals surface area contributed by atoms with E-state index in [1.54, 1.807) is 0 Å². The number of anilines is 1. The number of aromatic amines is 1. The Kier molecular flexibility index (Phi) is 4.48. The molecule has 3 fully saturated rings. The molecule has 3 aliphatic heterocycles. The fourth-order valence-corrected chi connectivity index (χ4v) is 5.38. The van der Waals surface area contributed by atoms with Crippen molar-refractivity contribution in [2.75, 3.05) is 25.0 Å². The van der Waals surface area contributed by atoms with E-state index in [0.717, 1.165) is 51.5 Å². The highest BCUT2D eigenvalue weighted by Gasteiger charge is 2.45. The quantitative estimate of drug-likeness (QED) is 0.689. The minimum Gasteiger partial charge on any atom is -0.439 e. The van der Waals surface area contributed by atoms with Crippen LogP contribution >= 0.6 is 0 Å². The first kappa shape index (κ1) is 20.2. The van der Waals surface area contributed by atoms with Gasteiger partial charge >= 0.3 is 6.09 Å². The van der Waals surface area contributed by atoms with Gasteiger partial charge in [-0.3, -0.25) is 14.5 Å². The lowest BCUT2D eigenvalue weighted by molar-refractivity contribution is -0.126. The minimum absolute atomic E-state index is 0.120. The van der Waals surface area contributed by atoms with Crippen LogP contribution in [0.1, 0.15) is 40.1 Å². The number of likely N-dealkylation sites (tertiary alicyclic amines) is 1. The minimum atomic E-state index is -0.634. The Bertz CT molecular complexity index is 1220. The number of piperidine rings is 1. The first-order chi connectivity index (χ1) is 15.9. The molecular weight excluding hydrogens is 420 g/mol. The maximum absolute atomic E-state index is 12.8. The molecule has 170 valence electrons. The summed E-state index contributed by atoms with van der Waals surface area (Å²) in [5.74, 6) is 1.28. The smallest absolute Gasteiger partial charge is 0.417 e. The molecule has 8 nitrogen and oxygen atoms in total. The standard InChI is InChI=1S/C25H26N4O4/c1-13-20(11-28-9-16-6-17(16)10-28)14(2)26-22(13)7-19-18-5-15(3-4-21(18)27-24(19)31)8-29-23(30)12-33-25(29)32/h3-5,7,16-17,26H,6,8-12H2,1-2H3,(H,27,31)/b19-7-/t16-,17+. The van der Waals surface area contributed by atoms with Crippen molar-refractivity contribution in [1.82, 2.24) is 14.8 Å². The van der Waals surface area contributed by atoms with Gasteiger partial charge in [0.15, 0.2) is 6.61 Å². The molecule has 1 saturated carbocycles. The number of benzene rings is 1. The van der Waals surface area contributed by atoms with Gasteiger partial charge in [-0.15, -0.1) is 0 Å². The zero-order chi connectivity index (χ0) is 22.9. The largest absolute Gasteiger partial charge is 0.439 e. The van der Waals surface area contributed by atoms with Crippen molar-refractivity contribution in [2.24, 2.45) is 11.8 Å². The van der Waals surface area contributed by atoms with E-state index in [1.165, 1.54) is 30.6 Å². The lowest BCUT2D eigenvalue weighted by Gasteiger charge is -2.17. The van der Waals surface area contributed by atoms with Crippen LogP contribution in [0.15, 0.2) is 18.2 Å². The van der Waals surface area contributed by atoms with Crippen LogP contribution in [0, 0.1) is 25.7 Å². The topological polar surface area (TPSA) is 94.7 Å². The van der Waals surface area contributed by atoms with Gasteiger partial charge in [-0.1, -0.05) is 6.07 Å². The van der Waals surface area contributed by atoms with Gasteiger partial charge in [0.05, 0.1) is 12.1 Å². The van der Waals surface area contributed by atoms with E-state index in [-0.39, 0.29) is 25.0 Å². The first-order valence-electron chi connectivity index (χ1n) is 11.4. The van der Waals surface area contributed by atoms with Crippen molar-refractivity contribution in [3.8, 4) is 0 Å². The summed E-state index contributed by atoms with van der Waals surface area (Å²) in [5.41, 5.74) is 7.38. The Labute approximate surface area is 191 Å². The molecule has 0 radical (unpaired) electrons. The summed E-state index contributed by atoms with van der Waals surface area (Å²) < 4.78 is 4.79. The number of cyclic esters (lactones) is 1. The Morgan fingerprint density at radius 1 is 1.12 bits per heavy atom. The van der Waals surface area contributed by atoms with Crippen molar-refractivity contribution < 1.29 is 19.1 Å². The molecule has 8 heteroatoms. The molecule has 4 heterocycles.